The highest BCUT2D eigenvalue weighted by Crippen LogP contribution is 2.67. The van der Waals surface area contributed by atoms with E-state index in [1.54, 1.807) is 6.92 Å². The van der Waals surface area contributed by atoms with Crippen LogP contribution in [0.15, 0.2) is 11.6 Å². The van der Waals surface area contributed by atoms with Gasteiger partial charge in [-0.05, 0) is 56.8 Å². The molecule has 0 N–H and O–H groups in total. The van der Waals surface area contributed by atoms with Gasteiger partial charge in [0.05, 0.1) is 5.41 Å². The minimum atomic E-state index is -4.99. The molecule has 3 saturated carbocycles. The molecule has 28 heavy (non-hydrogen) atoms. The van der Waals surface area contributed by atoms with Crippen molar-refractivity contribution in [2.24, 2.45) is 22.7 Å². The molecular weight excluding hydrogens is 376 g/mol. The van der Waals surface area contributed by atoms with Gasteiger partial charge in [0.1, 0.15) is 17.6 Å². The van der Waals surface area contributed by atoms with Crippen molar-refractivity contribution in [2.75, 3.05) is 0 Å². The lowest BCUT2D eigenvalue weighted by molar-refractivity contribution is -0.206. The van der Waals surface area contributed by atoms with Crippen molar-refractivity contribution in [1.29, 1.82) is 0 Å². The summed E-state index contributed by atoms with van der Waals surface area (Å²) in [5.74, 6) is -2.29. The Labute approximate surface area is 161 Å². The van der Waals surface area contributed by atoms with Crippen molar-refractivity contribution in [3.05, 3.63) is 11.6 Å². The zero-order chi connectivity index (χ0) is 20.5. The van der Waals surface area contributed by atoms with Gasteiger partial charge in [-0.3, -0.25) is 4.79 Å². The molecule has 6 atom stereocenters. The number of carbonyl (C=O) groups excluding carboxylic acids is 2. The molecule has 0 unspecified atom stereocenters. The fourth-order valence-electron chi connectivity index (χ4n) is 6.63. The van der Waals surface area contributed by atoms with Crippen LogP contribution < -0.4 is 0 Å². The molecule has 0 bridgehead atoms. The largest absolute Gasteiger partial charge is 0.490 e. The molecule has 0 aromatic rings. The van der Waals surface area contributed by atoms with Crippen LogP contribution in [-0.2, 0) is 14.3 Å². The summed E-state index contributed by atoms with van der Waals surface area (Å²) >= 11 is 0. The molecule has 156 valence electrons. The van der Waals surface area contributed by atoms with Crippen LogP contribution in [0.3, 0.4) is 0 Å². The van der Waals surface area contributed by atoms with Gasteiger partial charge in [-0.1, -0.05) is 18.6 Å². The Morgan fingerprint density at radius 2 is 1.86 bits per heavy atom. The maximum Gasteiger partial charge on any atom is 0.490 e. The van der Waals surface area contributed by atoms with Gasteiger partial charge in [-0.2, -0.15) is 13.2 Å². The van der Waals surface area contributed by atoms with E-state index in [2.05, 4.69) is 11.7 Å². The van der Waals surface area contributed by atoms with Crippen LogP contribution in [0, 0.1) is 22.7 Å². The number of Topliss-reactive ketones (excluding diaryl/α,β-unsaturated/α-hetero) is 1. The average molecular weight is 402 g/mol. The number of esters is 1. The summed E-state index contributed by atoms with van der Waals surface area (Å²) in [5.41, 5.74) is -1.74. The number of hydrogen-bond donors (Lipinski definition) is 0. The van der Waals surface area contributed by atoms with Gasteiger partial charge < -0.3 is 4.74 Å². The Bertz CT molecular complexity index is 744. The summed E-state index contributed by atoms with van der Waals surface area (Å²) in [4.78, 5) is 23.6. The topological polar surface area (TPSA) is 43.4 Å². The minimum absolute atomic E-state index is 0.0242. The second-order valence-corrected chi connectivity index (χ2v) is 9.52. The lowest BCUT2D eigenvalue weighted by atomic mass is 9.47. The molecule has 0 aromatic heterocycles. The highest BCUT2D eigenvalue weighted by molar-refractivity contribution is 5.88. The van der Waals surface area contributed by atoms with Crippen molar-refractivity contribution >= 4 is 11.8 Å². The number of ether oxygens (including phenoxy) is 1. The van der Waals surface area contributed by atoms with Crippen molar-refractivity contribution in [2.45, 2.75) is 83.2 Å². The third-order valence-electron chi connectivity index (χ3n) is 8.39. The fraction of sp³-hybridized carbons (Fsp3) is 0.810. The molecule has 0 aliphatic heterocycles. The second-order valence-electron chi connectivity index (χ2n) is 9.52. The standard InChI is InChI=1S/C21H26F4O3/c1-18-8-5-13(28-17(27)21(23,24)25)11-12(18)3-4-15-14(18)6-9-19(2)16(26)7-10-20(15,19)22/h3,13-15H,4-11H2,1-2H3/t13-,14-,15+,18-,19+,20+/m0/s1. The first-order valence-electron chi connectivity index (χ1n) is 10.1. The van der Waals surface area contributed by atoms with E-state index in [0.29, 0.717) is 32.1 Å². The number of fused-ring (bicyclic) bond motifs is 5. The lowest BCUT2D eigenvalue weighted by Gasteiger charge is -2.58. The molecule has 0 spiro atoms. The zero-order valence-electron chi connectivity index (χ0n) is 16.2. The number of rotatable bonds is 1. The summed E-state index contributed by atoms with van der Waals surface area (Å²) in [6.07, 6.45) is -0.310. The van der Waals surface area contributed by atoms with Crippen molar-refractivity contribution in [3.63, 3.8) is 0 Å². The van der Waals surface area contributed by atoms with Crippen LogP contribution in [0.2, 0.25) is 0 Å². The molecule has 3 fully saturated rings. The highest BCUT2D eigenvalue weighted by atomic mass is 19.4. The minimum Gasteiger partial charge on any atom is -0.455 e. The summed E-state index contributed by atoms with van der Waals surface area (Å²) in [7, 11) is 0. The van der Waals surface area contributed by atoms with Gasteiger partial charge in [-0.25, -0.2) is 9.18 Å². The molecule has 3 nitrogen and oxygen atoms in total. The molecule has 0 aromatic carbocycles. The van der Waals surface area contributed by atoms with E-state index in [-0.39, 0.29) is 35.9 Å². The summed E-state index contributed by atoms with van der Waals surface area (Å²) in [6, 6.07) is 0. The SMILES string of the molecule is C[C@]12CC[C@H](OC(=O)C(F)(F)F)CC1=CC[C@@H]1[C@@H]2CC[C@]2(C)C(=O)CC[C@@]12F. The number of carbonyl (C=O) groups is 2. The number of allylic oxidation sites excluding steroid dienone is 1. The number of ketones is 1. The smallest absolute Gasteiger partial charge is 0.455 e. The summed E-state index contributed by atoms with van der Waals surface area (Å²) in [5, 5.41) is 0. The predicted octanol–water partition coefficient (Wildman–Crippen LogP) is 5.08. The zero-order valence-corrected chi connectivity index (χ0v) is 16.2. The third-order valence-corrected chi connectivity index (χ3v) is 8.39. The second kappa shape index (κ2) is 6.05. The Hall–Kier alpha value is -1.40. The third kappa shape index (κ3) is 2.60. The van der Waals surface area contributed by atoms with E-state index < -0.39 is 29.3 Å². The number of hydrogen-bond acceptors (Lipinski definition) is 3. The first kappa shape index (κ1) is 19.9. The van der Waals surface area contributed by atoms with E-state index in [4.69, 9.17) is 0 Å². The van der Waals surface area contributed by atoms with Gasteiger partial charge in [0.15, 0.2) is 0 Å². The first-order chi connectivity index (χ1) is 12.9. The summed E-state index contributed by atoms with van der Waals surface area (Å²) in [6.45, 7) is 3.84. The maximum absolute atomic E-state index is 16.2. The average Bonchev–Trinajstić information content (AvgIpc) is 2.85. The molecule has 4 aliphatic carbocycles. The van der Waals surface area contributed by atoms with Gasteiger partial charge in [0.25, 0.3) is 0 Å². The van der Waals surface area contributed by atoms with Crippen LogP contribution in [-0.4, -0.2) is 29.7 Å². The Kier molecular flexibility index (Phi) is 4.30. The number of alkyl halides is 4. The first-order valence-corrected chi connectivity index (χ1v) is 10.1. The Balaban J connectivity index is 1.57. The van der Waals surface area contributed by atoms with E-state index in [1.807, 2.05) is 6.08 Å². The van der Waals surface area contributed by atoms with Gasteiger partial charge in [0.2, 0.25) is 0 Å². The normalized spacial score (nSPS) is 45.6. The Morgan fingerprint density at radius 3 is 2.54 bits per heavy atom. The fourth-order valence-corrected chi connectivity index (χ4v) is 6.63. The molecule has 0 radical (unpaired) electrons. The van der Waals surface area contributed by atoms with Crippen molar-refractivity contribution < 1.29 is 31.9 Å². The van der Waals surface area contributed by atoms with Crippen LogP contribution in [0.1, 0.15) is 65.2 Å². The molecule has 0 heterocycles. The van der Waals surface area contributed by atoms with Crippen molar-refractivity contribution in [3.8, 4) is 0 Å². The van der Waals surface area contributed by atoms with Crippen LogP contribution in [0.5, 0.6) is 0 Å². The predicted molar refractivity (Wildman–Crippen MR) is 93.0 cm³/mol. The van der Waals surface area contributed by atoms with Crippen molar-refractivity contribution in [1.82, 2.24) is 0 Å². The number of halogens is 4. The van der Waals surface area contributed by atoms with E-state index >= 15 is 4.39 Å². The molecule has 7 heteroatoms. The van der Waals surface area contributed by atoms with Gasteiger partial charge in [0, 0.05) is 18.8 Å². The molecular formula is C21H26F4O3. The van der Waals surface area contributed by atoms with Crippen LogP contribution in [0.4, 0.5) is 17.6 Å². The quantitative estimate of drug-likeness (QED) is 0.349. The van der Waals surface area contributed by atoms with E-state index in [1.165, 1.54) is 0 Å². The van der Waals surface area contributed by atoms with E-state index in [9.17, 15) is 22.8 Å². The van der Waals surface area contributed by atoms with Crippen LogP contribution in [0.25, 0.3) is 0 Å². The lowest BCUT2D eigenvalue weighted by Crippen LogP contribution is -2.58. The van der Waals surface area contributed by atoms with Gasteiger partial charge in [-0.15, -0.1) is 0 Å². The maximum atomic E-state index is 16.2. The monoisotopic (exact) mass is 402 g/mol. The molecule has 4 aliphatic rings. The molecule has 0 saturated heterocycles. The van der Waals surface area contributed by atoms with E-state index in [0.717, 1.165) is 12.0 Å². The van der Waals surface area contributed by atoms with Gasteiger partial charge >= 0.3 is 12.1 Å². The Morgan fingerprint density at radius 1 is 1.14 bits per heavy atom. The van der Waals surface area contributed by atoms with Crippen LogP contribution >= 0.6 is 0 Å². The summed E-state index contributed by atoms with van der Waals surface area (Å²) < 4.78 is 58.4. The highest BCUT2D eigenvalue weighted by Gasteiger charge is 2.67. The molecule has 0 amide bonds. The molecule has 4 rings (SSSR count).